The maximum absolute atomic E-state index is 12.8. The van der Waals surface area contributed by atoms with Crippen molar-refractivity contribution in [1.82, 2.24) is 10.6 Å². The number of halogens is 1. The van der Waals surface area contributed by atoms with Crippen LogP contribution >= 0.6 is 0 Å². The molecule has 1 rings (SSSR count). The van der Waals surface area contributed by atoms with Gasteiger partial charge in [-0.3, -0.25) is 4.79 Å². The van der Waals surface area contributed by atoms with Crippen LogP contribution in [0.25, 0.3) is 0 Å². The molecule has 0 aromatic heterocycles. The molecule has 0 spiro atoms. The van der Waals surface area contributed by atoms with E-state index < -0.39 is 0 Å². The normalized spacial score (nSPS) is 11.1. The van der Waals surface area contributed by atoms with Gasteiger partial charge in [-0.25, -0.2) is 9.38 Å². The van der Waals surface area contributed by atoms with Gasteiger partial charge in [0.05, 0.1) is 20.1 Å². The minimum Gasteiger partial charge on any atom is -0.469 e. The summed E-state index contributed by atoms with van der Waals surface area (Å²) in [4.78, 5) is 15.4. The number of carbonyl (C=O) groups excluding carboxylic acids is 1. The first-order valence-electron chi connectivity index (χ1n) is 6.49. The maximum Gasteiger partial charge on any atom is 0.307 e. The number of guanidine groups is 1. The number of benzene rings is 1. The number of hydrogen-bond acceptors (Lipinski definition) is 3. The number of esters is 1. The van der Waals surface area contributed by atoms with E-state index in [0.29, 0.717) is 25.6 Å². The van der Waals surface area contributed by atoms with E-state index in [1.165, 1.54) is 19.2 Å². The molecule has 2 N–H and O–H groups in total. The van der Waals surface area contributed by atoms with Crippen LogP contribution in [-0.4, -0.2) is 32.1 Å². The standard InChI is InChI=1S/C14H20FN3O2/c1-3-16-14(17-9-8-13(19)20-2)18-10-11-4-6-12(15)7-5-11/h4-7H,3,8-10H2,1-2H3,(H2,16,17,18). The predicted molar refractivity (Wildman–Crippen MR) is 75.9 cm³/mol. The van der Waals surface area contributed by atoms with Gasteiger partial charge in [0.25, 0.3) is 0 Å². The highest BCUT2D eigenvalue weighted by atomic mass is 19.1. The summed E-state index contributed by atoms with van der Waals surface area (Å²) >= 11 is 0. The zero-order chi connectivity index (χ0) is 14.8. The summed E-state index contributed by atoms with van der Waals surface area (Å²) in [6.07, 6.45) is 0.275. The van der Waals surface area contributed by atoms with Crippen molar-refractivity contribution in [3.05, 3.63) is 35.6 Å². The number of carbonyl (C=O) groups is 1. The molecule has 110 valence electrons. The monoisotopic (exact) mass is 281 g/mol. The van der Waals surface area contributed by atoms with E-state index in [1.807, 2.05) is 6.92 Å². The fourth-order valence-electron chi connectivity index (χ4n) is 1.49. The molecule has 0 aliphatic carbocycles. The van der Waals surface area contributed by atoms with Gasteiger partial charge in [0.15, 0.2) is 5.96 Å². The lowest BCUT2D eigenvalue weighted by atomic mass is 10.2. The van der Waals surface area contributed by atoms with Crippen molar-refractivity contribution in [1.29, 1.82) is 0 Å². The molecule has 0 fully saturated rings. The van der Waals surface area contributed by atoms with E-state index in [2.05, 4.69) is 20.4 Å². The fourth-order valence-corrected chi connectivity index (χ4v) is 1.49. The second kappa shape index (κ2) is 8.90. The Morgan fingerprint density at radius 3 is 2.60 bits per heavy atom. The zero-order valence-electron chi connectivity index (χ0n) is 11.8. The van der Waals surface area contributed by atoms with Crippen LogP contribution in [0, 0.1) is 5.82 Å². The largest absolute Gasteiger partial charge is 0.469 e. The highest BCUT2D eigenvalue weighted by Crippen LogP contribution is 2.03. The van der Waals surface area contributed by atoms with E-state index in [4.69, 9.17) is 0 Å². The van der Waals surface area contributed by atoms with Gasteiger partial charge in [0.1, 0.15) is 5.82 Å². The SMILES string of the molecule is CCNC(=NCc1ccc(F)cc1)NCCC(=O)OC. The maximum atomic E-state index is 12.8. The summed E-state index contributed by atoms with van der Waals surface area (Å²) in [5, 5.41) is 6.10. The quantitative estimate of drug-likeness (QED) is 0.470. The molecule has 20 heavy (non-hydrogen) atoms. The van der Waals surface area contributed by atoms with Crippen molar-refractivity contribution in [2.24, 2.45) is 4.99 Å². The van der Waals surface area contributed by atoms with Crippen LogP contribution in [0.5, 0.6) is 0 Å². The van der Waals surface area contributed by atoms with Crippen LogP contribution in [0.15, 0.2) is 29.3 Å². The van der Waals surface area contributed by atoms with Crippen molar-refractivity contribution in [2.45, 2.75) is 19.9 Å². The number of ether oxygens (including phenoxy) is 1. The summed E-state index contributed by atoms with van der Waals surface area (Å²) in [6.45, 7) is 3.55. The van der Waals surface area contributed by atoms with E-state index in [9.17, 15) is 9.18 Å². The van der Waals surface area contributed by atoms with Crippen LogP contribution < -0.4 is 10.6 Å². The highest BCUT2D eigenvalue weighted by Gasteiger charge is 2.01. The number of rotatable bonds is 6. The molecule has 0 saturated carbocycles. The first kappa shape index (κ1) is 15.9. The van der Waals surface area contributed by atoms with Gasteiger partial charge in [-0.1, -0.05) is 12.1 Å². The van der Waals surface area contributed by atoms with E-state index in [0.717, 1.165) is 5.56 Å². The van der Waals surface area contributed by atoms with Crippen molar-refractivity contribution in [2.75, 3.05) is 20.2 Å². The lowest BCUT2D eigenvalue weighted by Crippen LogP contribution is -2.38. The molecule has 0 atom stereocenters. The lowest BCUT2D eigenvalue weighted by molar-refractivity contribution is -0.140. The first-order valence-corrected chi connectivity index (χ1v) is 6.49. The molecule has 0 heterocycles. The second-order valence-corrected chi connectivity index (χ2v) is 4.07. The minimum atomic E-state index is -0.271. The minimum absolute atomic E-state index is 0.263. The molecule has 1 aromatic carbocycles. The number of methoxy groups -OCH3 is 1. The molecular weight excluding hydrogens is 261 g/mol. The molecule has 0 saturated heterocycles. The van der Waals surface area contributed by atoms with E-state index in [1.54, 1.807) is 12.1 Å². The van der Waals surface area contributed by atoms with Gasteiger partial charge >= 0.3 is 5.97 Å². The average molecular weight is 281 g/mol. The second-order valence-electron chi connectivity index (χ2n) is 4.07. The number of aliphatic imine (C=N–C) groups is 1. The Kier molecular flexibility index (Phi) is 7.10. The van der Waals surface area contributed by atoms with Crippen LogP contribution in [-0.2, 0) is 16.1 Å². The summed E-state index contributed by atoms with van der Waals surface area (Å²) < 4.78 is 17.3. The smallest absolute Gasteiger partial charge is 0.307 e. The molecular formula is C14H20FN3O2. The van der Waals surface area contributed by atoms with E-state index >= 15 is 0 Å². The Hall–Kier alpha value is -2.11. The molecule has 1 aromatic rings. The number of hydrogen-bond donors (Lipinski definition) is 2. The molecule has 6 heteroatoms. The Morgan fingerprint density at radius 1 is 1.30 bits per heavy atom. The number of nitrogens with one attached hydrogen (secondary N) is 2. The van der Waals surface area contributed by atoms with Gasteiger partial charge in [-0.15, -0.1) is 0 Å². The van der Waals surface area contributed by atoms with Crippen LogP contribution in [0.3, 0.4) is 0 Å². The zero-order valence-corrected chi connectivity index (χ0v) is 11.8. The number of nitrogens with zero attached hydrogens (tertiary/aromatic N) is 1. The highest BCUT2D eigenvalue weighted by molar-refractivity contribution is 5.80. The van der Waals surface area contributed by atoms with Crippen molar-refractivity contribution >= 4 is 11.9 Å². The van der Waals surface area contributed by atoms with Crippen LogP contribution in [0.2, 0.25) is 0 Å². The van der Waals surface area contributed by atoms with Crippen molar-refractivity contribution < 1.29 is 13.9 Å². The molecule has 0 amide bonds. The Labute approximate surface area is 118 Å². The first-order chi connectivity index (χ1) is 9.65. The molecule has 0 bridgehead atoms. The third-order valence-electron chi connectivity index (χ3n) is 2.53. The summed E-state index contributed by atoms with van der Waals surface area (Å²) in [6, 6.07) is 6.19. The predicted octanol–water partition coefficient (Wildman–Crippen LogP) is 1.44. The Morgan fingerprint density at radius 2 is 2.00 bits per heavy atom. The summed E-state index contributed by atoms with van der Waals surface area (Å²) in [5.74, 6) is 0.0773. The van der Waals surface area contributed by atoms with Gasteiger partial charge in [0, 0.05) is 13.1 Å². The summed E-state index contributed by atoms with van der Waals surface area (Å²) in [5.41, 5.74) is 0.913. The molecule has 0 radical (unpaired) electrons. The summed E-state index contributed by atoms with van der Waals surface area (Å²) in [7, 11) is 1.36. The van der Waals surface area contributed by atoms with Gasteiger partial charge in [-0.05, 0) is 24.6 Å². The molecule has 5 nitrogen and oxygen atoms in total. The fraction of sp³-hybridized carbons (Fsp3) is 0.429. The van der Waals surface area contributed by atoms with Gasteiger partial charge in [-0.2, -0.15) is 0 Å². The lowest BCUT2D eigenvalue weighted by Gasteiger charge is -2.10. The molecule has 0 aliphatic heterocycles. The van der Waals surface area contributed by atoms with Crippen molar-refractivity contribution in [3.8, 4) is 0 Å². The van der Waals surface area contributed by atoms with E-state index in [-0.39, 0.29) is 18.2 Å². The molecule has 0 unspecified atom stereocenters. The topological polar surface area (TPSA) is 62.7 Å². The van der Waals surface area contributed by atoms with Gasteiger partial charge < -0.3 is 15.4 Å². The Balaban J connectivity index is 2.49. The Bertz CT molecular complexity index is 446. The third kappa shape index (κ3) is 6.17. The van der Waals surface area contributed by atoms with Gasteiger partial charge in [0.2, 0.25) is 0 Å². The van der Waals surface area contributed by atoms with Crippen molar-refractivity contribution in [3.63, 3.8) is 0 Å². The third-order valence-corrected chi connectivity index (χ3v) is 2.53. The average Bonchev–Trinajstić information content (AvgIpc) is 2.46. The van der Waals surface area contributed by atoms with Crippen LogP contribution in [0.4, 0.5) is 4.39 Å². The molecule has 0 aliphatic rings. The van der Waals surface area contributed by atoms with Crippen LogP contribution in [0.1, 0.15) is 18.9 Å².